The second-order valence-corrected chi connectivity index (χ2v) is 3.45. The zero-order chi connectivity index (χ0) is 10.4. The van der Waals surface area contributed by atoms with Gasteiger partial charge in [0.2, 0.25) is 0 Å². The van der Waals surface area contributed by atoms with E-state index in [1.54, 1.807) is 6.92 Å². The Hall–Kier alpha value is -1.11. The van der Waals surface area contributed by atoms with E-state index in [0.717, 1.165) is 5.57 Å². The number of carbonyl (C=O) groups is 1. The maximum absolute atomic E-state index is 10.8. The lowest BCUT2D eigenvalue weighted by atomic mass is 10.1. The van der Waals surface area contributed by atoms with Gasteiger partial charge in [-0.3, -0.25) is 4.79 Å². The number of hydrogen-bond donors (Lipinski definition) is 0. The van der Waals surface area contributed by atoms with Gasteiger partial charge >= 0.3 is 0 Å². The predicted molar refractivity (Wildman–Crippen MR) is 57.6 cm³/mol. The first kappa shape index (κ1) is 11.9. The van der Waals surface area contributed by atoms with Crippen molar-refractivity contribution in [3.63, 3.8) is 0 Å². The van der Waals surface area contributed by atoms with Crippen molar-refractivity contribution >= 4 is 5.78 Å². The van der Waals surface area contributed by atoms with Crippen molar-refractivity contribution in [2.75, 3.05) is 0 Å². The molecule has 0 aliphatic rings. The molecule has 0 spiro atoms. The number of carbonyl (C=O) groups excluding carboxylic acids is 1. The Bertz CT molecular complexity index is 273. The molecule has 0 amide bonds. The Morgan fingerprint density at radius 2 is 1.54 bits per heavy atom. The fourth-order valence-electron chi connectivity index (χ4n) is 0.621. The minimum absolute atomic E-state index is 0.125. The van der Waals surface area contributed by atoms with E-state index in [1.807, 2.05) is 25.2 Å². The summed E-state index contributed by atoms with van der Waals surface area (Å²) in [5, 5.41) is 0. The van der Waals surface area contributed by atoms with Gasteiger partial charge in [-0.25, -0.2) is 0 Å². The van der Waals surface area contributed by atoms with Gasteiger partial charge in [0, 0.05) is 0 Å². The maximum Gasteiger partial charge on any atom is 0.155 e. The molecule has 0 rings (SSSR count). The zero-order valence-electron chi connectivity index (χ0n) is 9.14. The Balaban J connectivity index is 4.41. The van der Waals surface area contributed by atoms with Crippen LogP contribution in [0, 0.1) is 0 Å². The molecule has 0 aliphatic carbocycles. The van der Waals surface area contributed by atoms with Crippen LogP contribution in [0.1, 0.15) is 34.6 Å². The summed E-state index contributed by atoms with van der Waals surface area (Å²) in [7, 11) is 0. The minimum Gasteiger partial charge on any atom is -0.295 e. The van der Waals surface area contributed by atoms with E-state index in [-0.39, 0.29) is 5.78 Å². The number of ketones is 1. The first-order chi connectivity index (χ1) is 5.95. The normalized spacial score (nSPS) is 11.9. The summed E-state index contributed by atoms with van der Waals surface area (Å²) in [5.41, 5.74) is 3.33. The molecule has 0 saturated heterocycles. The molecular weight excluding hydrogens is 160 g/mol. The van der Waals surface area contributed by atoms with Crippen molar-refractivity contribution in [3.05, 3.63) is 34.9 Å². The van der Waals surface area contributed by atoms with E-state index in [4.69, 9.17) is 0 Å². The summed E-state index contributed by atoms with van der Waals surface area (Å²) in [6, 6.07) is 0. The molecule has 0 fully saturated rings. The van der Waals surface area contributed by atoms with E-state index in [0.29, 0.717) is 0 Å². The van der Waals surface area contributed by atoms with Crippen molar-refractivity contribution < 1.29 is 4.79 Å². The number of Topliss-reactive ketones (excluding diaryl/α,β-unsaturated/α-hetero) is 1. The van der Waals surface area contributed by atoms with Crippen molar-refractivity contribution in [2.24, 2.45) is 0 Å². The smallest absolute Gasteiger partial charge is 0.155 e. The standard InChI is InChI=1S/C12H18O/c1-9(2)10(3)7-6-8-11(4)12(5)13/h6-8H,1-5H3/b7-6+,11-8+. The Kier molecular flexibility index (Phi) is 5.05. The van der Waals surface area contributed by atoms with Gasteiger partial charge in [-0.1, -0.05) is 29.4 Å². The second kappa shape index (κ2) is 5.52. The summed E-state index contributed by atoms with van der Waals surface area (Å²) in [4.78, 5) is 10.8. The number of hydrogen-bond acceptors (Lipinski definition) is 1. The van der Waals surface area contributed by atoms with E-state index < -0.39 is 0 Å². The third kappa shape index (κ3) is 5.18. The van der Waals surface area contributed by atoms with Crippen LogP contribution < -0.4 is 0 Å². The largest absolute Gasteiger partial charge is 0.295 e. The average Bonchev–Trinajstić information content (AvgIpc) is 2.03. The van der Waals surface area contributed by atoms with E-state index in [2.05, 4.69) is 20.8 Å². The van der Waals surface area contributed by atoms with Gasteiger partial charge in [-0.05, 0) is 40.2 Å². The van der Waals surface area contributed by atoms with Crippen LogP contribution in [-0.4, -0.2) is 5.78 Å². The average molecular weight is 178 g/mol. The quantitative estimate of drug-likeness (QED) is 0.478. The molecule has 0 saturated carbocycles. The highest BCUT2D eigenvalue weighted by Gasteiger charge is 1.91. The van der Waals surface area contributed by atoms with E-state index >= 15 is 0 Å². The summed E-state index contributed by atoms with van der Waals surface area (Å²) in [6.07, 6.45) is 5.77. The summed E-state index contributed by atoms with van der Waals surface area (Å²) < 4.78 is 0. The maximum atomic E-state index is 10.8. The molecular formula is C12H18O. The van der Waals surface area contributed by atoms with E-state index in [9.17, 15) is 4.79 Å². The molecule has 0 atom stereocenters. The van der Waals surface area contributed by atoms with Crippen LogP contribution in [0.15, 0.2) is 34.9 Å². The summed E-state index contributed by atoms with van der Waals surface area (Å²) >= 11 is 0. The topological polar surface area (TPSA) is 17.1 Å². The minimum atomic E-state index is 0.125. The molecule has 0 radical (unpaired) electrons. The lowest BCUT2D eigenvalue weighted by Crippen LogP contribution is -1.89. The summed E-state index contributed by atoms with van der Waals surface area (Å²) in [5.74, 6) is 0.125. The van der Waals surface area contributed by atoms with E-state index in [1.165, 1.54) is 11.1 Å². The lowest BCUT2D eigenvalue weighted by molar-refractivity contribution is -0.113. The predicted octanol–water partition coefficient (Wildman–Crippen LogP) is 3.43. The molecule has 1 heteroatoms. The molecule has 0 aromatic rings. The second-order valence-electron chi connectivity index (χ2n) is 3.45. The van der Waals surface area contributed by atoms with Gasteiger partial charge in [0.05, 0.1) is 0 Å². The van der Waals surface area contributed by atoms with Crippen molar-refractivity contribution in [1.82, 2.24) is 0 Å². The Labute approximate surface area is 80.8 Å². The monoisotopic (exact) mass is 178 g/mol. The molecule has 0 N–H and O–H groups in total. The molecule has 13 heavy (non-hydrogen) atoms. The van der Waals surface area contributed by atoms with Gasteiger partial charge in [-0.15, -0.1) is 0 Å². The Morgan fingerprint density at radius 3 is 1.92 bits per heavy atom. The fraction of sp³-hybridized carbons (Fsp3) is 0.417. The molecule has 0 aromatic carbocycles. The highest BCUT2D eigenvalue weighted by molar-refractivity contribution is 5.92. The Morgan fingerprint density at radius 1 is 1.00 bits per heavy atom. The van der Waals surface area contributed by atoms with Crippen LogP contribution in [0.5, 0.6) is 0 Å². The van der Waals surface area contributed by atoms with Crippen LogP contribution in [0.3, 0.4) is 0 Å². The van der Waals surface area contributed by atoms with Gasteiger partial charge in [0.15, 0.2) is 5.78 Å². The van der Waals surface area contributed by atoms with Gasteiger partial charge in [-0.2, -0.15) is 0 Å². The summed E-state index contributed by atoms with van der Waals surface area (Å²) in [6.45, 7) is 9.60. The first-order valence-corrected chi connectivity index (χ1v) is 4.45. The third-order valence-corrected chi connectivity index (χ3v) is 2.04. The fourth-order valence-corrected chi connectivity index (χ4v) is 0.621. The van der Waals surface area contributed by atoms with Gasteiger partial charge in [0.1, 0.15) is 0 Å². The zero-order valence-corrected chi connectivity index (χ0v) is 9.14. The lowest BCUT2D eigenvalue weighted by Gasteiger charge is -1.94. The van der Waals surface area contributed by atoms with Crippen molar-refractivity contribution in [2.45, 2.75) is 34.6 Å². The molecule has 1 nitrogen and oxygen atoms in total. The number of rotatable bonds is 3. The number of allylic oxidation sites excluding steroid dienone is 6. The highest BCUT2D eigenvalue weighted by Crippen LogP contribution is 2.04. The van der Waals surface area contributed by atoms with Crippen LogP contribution in [0.4, 0.5) is 0 Å². The van der Waals surface area contributed by atoms with Crippen LogP contribution in [0.2, 0.25) is 0 Å². The SMILES string of the molecule is CC(=O)/C(C)=C/C=C/C(C)=C(C)C. The third-order valence-electron chi connectivity index (χ3n) is 2.04. The molecule has 0 aliphatic heterocycles. The van der Waals surface area contributed by atoms with Crippen LogP contribution >= 0.6 is 0 Å². The van der Waals surface area contributed by atoms with Crippen molar-refractivity contribution in [3.8, 4) is 0 Å². The molecule has 0 bridgehead atoms. The molecule has 0 heterocycles. The van der Waals surface area contributed by atoms with Gasteiger partial charge in [0.25, 0.3) is 0 Å². The molecule has 0 unspecified atom stereocenters. The van der Waals surface area contributed by atoms with Gasteiger partial charge < -0.3 is 0 Å². The molecule has 72 valence electrons. The molecule has 0 aromatic heterocycles. The highest BCUT2D eigenvalue weighted by atomic mass is 16.1. The van der Waals surface area contributed by atoms with Crippen molar-refractivity contribution in [1.29, 1.82) is 0 Å². The van der Waals surface area contributed by atoms with Crippen LogP contribution in [0.25, 0.3) is 0 Å². The first-order valence-electron chi connectivity index (χ1n) is 4.45. The van der Waals surface area contributed by atoms with Crippen LogP contribution in [-0.2, 0) is 4.79 Å².